The first kappa shape index (κ1) is 17.4. The van der Waals surface area contributed by atoms with Crippen LogP contribution in [0.25, 0.3) is 0 Å². The number of carbonyl (C=O) groups excluding carboxylic acids is 1. The number of aromatic nitrogens is 1. The fourth-order valence-corrected chi connectivity index (χ4v) is 3.57. The van der Waals surface area contributed by atoms with E-state index in [2.05, 4.69) is 28.5 Å². The van der Waals surface area contributed by atoms with Gasteiger partial charge in [0.05, 0.1) is 13.2 Å². The van der Waals surface area contributed by atoms with Crippen LogP contribution in [0.15, 0.2) is 42.7 Å². The Morgan fingerprint density at radius 2 is 2.04 bits per heavy atom. The van der Waals surface area contributed by atoms with Gasteiger partial charge in [-0.2, -0.15) is 0 Å². The minimum absolute atomic E-state index is 0.107. The van der Waals surface area contributed by atoms with Crippen LogP contribution in [-0.2, 0) is 11.3 Å². The third kappa shape index (κ3) is 3.82. The van der Waals surface area contributed by atoms with Crippen molar-refractivity contribution < 1.29 is 9.53 Å². The molecule has 1 saturated heterocycles. The highest BCUT2D eigenvalue weighted by Crippen LogP contribution is 2.36. The van der Waals surface area contributed by atoms with Crippen molar-refractivity contribution in [3.05, 3.63) is 59.4 Å². The van der Waals surface area contributed by atoms with Gasteiger partial charge in [-0.05, 0) is 41.8 Å². The summed E-state index contributed by atoms with van der Waals surface area (Å²) in [7, 11) is 3.58. The first-order chi connectivity index (χ1) is 12.1. The lowest BCUT2D eigenvalue weighted by Gasteiger charge is -2.25. The van der Waals surface area contributed by atoms with Crippen molar-refractivity contribution in [2.45, 2.75) is 25.9 Å². The largest absolute Gasteiger partial charge is 0.496 e. The van der Waals surface area contributed by atoms with E-state index < -0.39 is 0 Å². The topological polar surface area (TPSA) is 54.5 Å². The van der Waals surface area contributed by atoms with Crippen LogP contribution in [-0.4, -0.2) is 36.5 Å². The van der Waals surface area contributed by atoms with Crippen molar-refractivity contribution in [2.75, 3.05) is 20.7 Å². The Hall–Kier alpha value is -2.40. The molecule has 2 atom stereocenters. The number of pyridine rings is 1. The fourth-order valence-electron chi connectivity index (χ4n) is 3.57. The molecule has 0 bridgehead atoms. The Labute approximate surface area is 149 Å². The summed E-state index contributed by atoms with van der Waals surface area (Å²) in [5.74, 6) is 1.36. The Kier molecular flexibility index (Phi) is 5.34. The number of aryl methyl sites for hydroxylation is 1. The van der Waals surface area contributed by atoms with Crippen LogP contribution in [0.1, 0.15) is 29.2 Å². The first-order valence-corrected chi connectivity index (χ1v) is 8.60. The second-order valence-corrected chi connectivity index (χ2v) is 6.63. The van der Waals surface area contributed by atoms with Gasteiger partial charge in [-0.25, -0.2) is 0 Å². The smallest absolute Gasteiger partial charge is 0.223 e. The van der Waals surface area contributed by atoms with Crippen molar-refractivity contribution in [1.29, 1.82) is 0 Å². The van der Waals surface area contributed by atoms with Crippen molar-refractivity contribution in [1.82, 2.24) is 15.2 Å². The molecule has 5 heteroatoms. The second-order valence-electron chi connectivity index (χ2n) is 6.63. The zero-order valence-electron chi connectivity index (χ0n) is 15.0. The van der Waals surface area contributed by atoms with Gasteiger partial charge in [0.1, 0.15) is 5.75 Å². The molecule has 1 aromatic heterocycles. The number of amides is 1. The van der Waals surface area contributed by atoms with E-state index in [-0.39, 0.29) is 17.9 Å². The van der Waals surface area contributed by atoms with Gasteiger partial charge >= 0.3 is 0 Å². The number of benzene rings is 1. The van der Waals surface area contributed by atoms with Gasteiger partial charge in [0.25, 0.3) is 0 Å². The highest BCUT2D eigenvalue weighted by molar-refractivity contribution is 5.79. The summed E-state index contributed by atoms with van der Waals surface area (Å²) in [6.07, 6.45) is 4.15. The number of rotatable bonds is 6. The van der Waals surface area contributed by atoms with Crippen LogP contribution in [0, 0.1) is 12.8 Å². The monoisotopic (exact) mass is 339 g/mol. The Morgan fingerprint density at radius 3 is 2.76 bits per heavy atom. The zero-order valence-corrected chi connectivity index (χ0v) is 15.0. The number of nitrogens with one attached hydrogen (secondary N) is 1. The molecule has 3 rings (SSSR count). The summed E-state index contributed by atoms with van der Waals surface area (Å²) in [6, 6.07) is 10.3. The molecule has 0 saturated carbocycles. The fraction of sp³-hybridized carbons (Fsp3) is 0.400. The molecule has 1 fully saturated rings. The van der Waals surface area contributed by atoms with E-state index in [1.807, 2.05) is 31.0 Å². The van der Waals surface area contributed by atoms with E-state index >= 15 is 0 Å². The molecule has 1 aliphatic heterocycles. The van der Waals surface area contributed by atoms with Crippen molar-refractivity contribution in [3.8, 4) is 5.75 Å². The first-order valence-electron chi connectivity index (χ1n) is 8.60. The number of hydrogen-bond donors (Lipinski definition) is 1. The third-order valence-electron chi connectivity index (χ3n) is 4.95. The maximum atomic E-state index is 12.2. The van der Waals surface area contributed by atoms with Gasteiger partial charge in [0.2, 0.25) is 5.91 Å². The number of hydrogen-bond acceptors (Lipinski definition) is 4. The highest BCUT2D eigenvalue weighted by atomic mass is 16.5. The van der Waals surface area contributed by atoms with E-state index in [0.29, 0.717) is 6.42 Å². The average Bonchev–Trinajstić information content (AvgIpc) is 2.91. The van der Waals surface area contributed by atoms with Crippen molar-refractivity contribution in [3.63, 3.8) is 0 Å². The van der Waals surface area contributed by atoms with E-state index in [9.17, 15) is 4.79 Å². The van der Waals surface area contributed by atoms with Crippen LogP contribution in [0.3, 0.4) is 0 Å². The van der Waals surface area contributed by atoms with Crippen molar-refractivity contribution in [2.24, 2.45) is 5.92 Å². The lowest BCUT2D eigenvalue weighted by atomic mass is 9.94. The predicted octanol–water partition coefficient (Wildman–Crippen LogP) is 2.71. The zero-order chi connectivity index (χ0) is 17.8. The molecular formula is C20H25N3O2. The molecule has 132 valence electrons. The standard InChI is InChI=1S/C20H25N3O2/c1-14-4-5-15(10-18(14)25-3)12-22-13-17-11-19(24)23(2)20(17)16-6-8-21-9-7-16/h4-10,17,20,22H,11-13H2,1-3H3/t17-,20-/m0/s1. The van der Waals surface area contributed by atoms with Crippen LogP contribution in [0.4, 0.5) is 0 Å². The molecule has 0 radical (unpaired) electrons. The molecular weight excluding hydrogens is 314 g/mol. The van der Waals surface area contributed by atoms with Crippen molar-refractivity contribution >= 4 is 5.91 Å². The minimum atomic E-state index is 0.107. The second kappa shape index (κ2) is 7.66. The summed E-state index contributed by atoms with van der Waals surface area (Å²) >= 11 is 0. The quantitative estimate of drug-likeness (QED) is 0.879. The number of nitrogens with zero attached hydrogens (tertiary/aromatic N) is 2. The van der Waals surface area contributed by atoms with Gasteiger partial charge in [-0.3, -0.25) is 9.78 Å². The van der Waals surface area contributed by atoms with Crippen LogP contribution in [0.5, 0.6) is 5.75 Å². The van der Waals surface area contributed by atoms with E-state index in [0.717, 1.165) is 30.0 Å². The summed E-state index contributed by atoms with van der Waals surface area (Å²) in [4.78, 5) is 18.1. The molecule has 2 aromatic rings. The maximum absolute atomic E-state index is 12.2. The third-order valence-corrected chi connectivity index (χ3v) is 4.95. The molecule has 2 heterocycles. The molecule has 0 aliphatic carbocycles. The number of carbonyl (C=O) groups is 1. The average molecular weight is 339 g/mol. The highest BCUT2D eigenvalue weighted by Gasteiger charge is 2.37. The molecule has 0 unspecified atom stereocenters. The Balaban J connectivity index is 1.64. The molecule has 1 aromatic carbocycles. The SMILES string of the molecule is COc1cc(CNC[C@@H]2CC(=O)N(C)[C@H]2c2ccncc2)ccc1C. The number of methoxy groups -OCH3 is 1. The van der Waals surface area contributed by atoms with Gasteiger partial charge in [0.15, 0.2) is 0 Å². The van der Waals surface area contributed by atoms with Crippen LogP contribution in [0.2, 0.25) is 0 Å². The summed E-state index contributed by atoms with van der Waals surface area (Å²) in [5, 5.41) is 3.51. The minimum Gasteiger partial charge on any atom is -0.496 e. The Bertz CT molecular complexity index is 733. The summed E-state index contributed by atoms with van der Waals surface area (Å²) in [5.41, 5.74) is 3.46. The van der Waals surface area contributed by atoms with E-state index in [1.165, 1.54) is 5.56 Å². The summed E-state index contributed by atoms with van der Waals surface area (Å²) < 4.78 is 5.38. The van der Waals surface area contributed by atoms with Gasteiger partial charge in [-0.1, -0.05) is 12.1 Å². The molecule has 1 amide bonds. The molecule has 1 N–H and O–H groups in total. The normalized spacial score (nSPS) is 20.1. The number of ether oxygens (including phenoxy) is 1. The van der Waals surface area contributed by atoms with Gasteiger partial charge in [-0.15, -0.1) is 0 Å². The number of likely N-dealkylation sites (tertiary alicyclic amines) is 1. The lowest BCUT2D eigenvalue weighted by Crippen LogP contribution is -2.29. The lowest BCUT2D eigenvalue weighted by molar-refractivity contribution is -0.127. The maximum Gasteiger partial charge on any atom is 0.223 e. The molecule has 25 heavy (non-hydrogen) atoms. The van der Waals surface area contributed by atoms with Crippen LogP contribution >= 0.6 is 0 Å². The van der Waals surface area contributed by atoms with Gasteiger partial charge < -0.3 is 15.0 Å². The Morgan fingerprint density at radius 1 is 1.28 bits per heavy atom. The van der Waals surface area contributed by atoms with E-state index in [4.69, 9.17) is 4.74 Å². The van der Waals surface area contributed by atoms with E-state index in [1.54, 1.807) is 19.5 Å². The molecule has 1 aliphatic rings. The van der Waals surface area contributed by atoms with Crippen LogP contribution < -0.4 is 10.1 Å². The van der Waals surface area contributed by atoms with Gasteiger partial charge in [0, 0.05) is 44.9 Å². The summed E-state index contributed by atoms with van der Waals surface area (Å²) in [6.45, 7) is 3.59. The molecule has 0 spiro atoms. The predicted molar refractivity (Wildman–Crippen MR) is 97.3 cm³/mol. The molecule has 5 nitrogen and oxygen atoms in total.